The third kappa shape index (κ3) is 3.81. The Morgan fingerprint density at radius 3 is 2.53 bits per heavy atom. The van der Waals surface area contributed by atoms with Crippen molar-refractivity contribution in [2.75, 3.05) is 6.54 Å². The van der Waals surface area contributed by atoms with Crippen molar-refractivity contribution in [3.05, 3.63) is 30.1 Å². The Labute approximate surface area is 105 Å². The Kier molecular flexibility index (Phi) is 4.55. The minimum absolute atomic E-state index is 0.442. The zero-order chi connectivity index (χ0) is 12.1. The molecule has 0 saturated heterocycles. The quantitative estimate of drug-likeness (QED) is 0.858. The van der Waals surface area contributed by atoms with Crippen LogP contribution in [-0.4, -0.2) is 11.5 Å². The van der Waals surface area contributed by atoms with Gasteiger partial charge in [0.25, 0.3) is 0 Å². The van der Waals surface area contributed by atoms with Crippen molar-refractivity contribution < 1.29 is 0 Å². The first kappa shape index (κ1) is 12.6. The second-order valence-electron chi connectivity index (χ2n) is 5.54. The lowest BCUT2D eigenvalue weighted by atomic mass is 9.83. The van der Waals surface area contributed by atoms with Crippen LogP contribution in [0.25, 0.3) is 0 Å². The summed E-state index contributed by atoms with van der Waals surface area (Å²) < 4.78 is 0. The van der Waals surface area contributed by atoms with E-state index in [1.807, 2.05) is 12.4 Å². The van der Waals surface area contributed by atoms with Gasteiger partial charge in [0.2, 0.25) is 0 Å². The first-order chi connectivity index (χ1) is 8.25. The van der Waals surface area contributed by atoms with Crippen LogP contribution in [0.15, 0.2) is 24.5 Å². The van der Waals surface area contributed by atoms with Crippen LogP contribution in [0.3, 0.4) is 0 Å². The number of nitrogens with zero attached hydrogens (tertiary/aromatic N) is 1. The van der Waals surface area contributed by atoms with E-state index in [4.69, 9.17) is 0 Å². The summed E-state index contributed by atoms with van der Waals surface area (Å²) in [4.78, 5) is 4.06. The number of aromatic nitrogens is 1. The van der Waals surface area contributed by atoms with E-state index in [2.05, 4.69) is 36.3 Å². The highest BCUT2D eigenvalue weighted by Crippen LogP contribution is 2.28. The predicted octanol–water partition coefficient (Wildman–Crippen LogP) is 3.56. The lowest BCUT2D eigenvalue weighted by molar-refractivity contribution is 0.276. The van der Waals surface area contributed by atoms with Crippen LogP contribution in [-0.2, 0) is 0 Å². The maximum Gasteiger partial charge on any atom is 0.0293 e. The number of nitrogens with one attached hydrogen (secondary N) is 1. The maximum absolute atomic E-state index is 4.06. The van der Waals surface area contributed by atoms with Crippen LogP contribution in [0, 0.1) is 11.8 Å². The summed E-state index contributed by atoms with van der Waals surface area (Å²) in [5.74, 6) is 1.83. The molecule has 0 bridgehead atoms. The molecule has 2 nitrogen and oxygen atoms in total. The van der Waals surface area contributed by atoms with E-state index in [1.165, 1.54) is 31.2 Å². The lowest BCUT2D eigenvalue weighted by Gasteiger charge is -2.27. The molecule has 0 aromatic carbocycles. The molecule has 0 amide bonds. The minimum atomic E-state index is 0.442. The summed E-state index contributed by atoms with van der Waals surface area (Å²) in [6, 6.07) is 4.64. The summed E-state index contributed by atoms with van der Waals surface area (Å²) in [6.07, 6.45) is 9.37. The van der Waals surface area contributed by atoms with Gasteiger partial charge in [-0.25, -0.2) is 0 Å². The Morgan fingerprint density at radius 2 is 1.88 bits per heavy atom. The Balaban J connectivity index is 1.75. The van der Waals surface area contributed by atoms with Gasteiger partial charge in [-0.15, -0.1) is 0 Å². The molecular weight excluding hydrogens is 208 g/mol. The molecule has 0 radical (unpaired) electrons. The fourth-order valence-electron chi connectivity index (χ4n) is 2.65. The molecule has 1 saturated carbocycles. The van der Waals surface area contributed by atoms with Crippen molar-refractivity contribution in [2.45, 2.75) is 45.6 Å². The molecule has 1 heterocycles. The molecule has 1 fully saturated rings. The zero-order valence-corrected chi connectivity index (χ0v) is 11.0. The van der Waals surface area contributed by atoms with E-state index in [1.54, 1.807) is 0 Å². The normalized spacial score (nSPS) is 26.7. The summed E-state index contributed by atoms with van der Waals surface area (Å²) >= 11 is 0. The maximum atomic E-state index is 4.06. The van der Waals surface area contributed by atoms with Crippen molar-refractivity contribution in [3.8, 4) is 0 Å². The van der Waals surface area contributed by atoms with Crippen molar-refractivity contribution in [1.82, 2.24) is 10.3 Å². The average Bonchev–Trinajstić information content (AvgIpc) is 2.39. The monoisotopic (exact) mass is 232 g/mol. The first-order valence-corrected chi connectivity index (χ1v) is 6.89. The highest BCUT2D eigenvalue weighted by Gasteiger charge is 2.18. The van der Waals surface area contributed by atoms with Gasteiger partial charge in [-0.05, 0) is 55.8 Å². The second kappa shape index (κ2) is 6.15. The Bertz CT molecular complexity index is 315. The molecule has 1 aliphatic carbocycles. The van der Waals surface area contributed by atoms with Gasteiger partial charge in [-0.2, -0.15) is 0 Å². The lowest BCUT2D eigenvalue weighted by Crippen LogP contribution is -2.28. The van der Waals surface area contributed by atoms with Crippen molar-refractivity contribution in [2.24, 2.45) is 11.8 Å². The van der Waals surface area contributed by atoms with E-state index in [9.17, 15) is 0 Å². The van der Waals surface area contributed by atoms with Crippen molar-refractivity contribution in [3.63, 3.8) is 0 Å². The van der Waals surface area contributed by atoms with Crippen LogP contribution >= 0.6 is 0 Å². The van der Waals surface area contributed by atoms with Crippen molar-refractivity contribution in [1.29, 1.82) is 0 Å². The summed E-state index contributed by atoms with van der Waals surface area (Å²) in [6.45, 7) is 5.78. The number of hydrogen-bond donors (Lipinski definition) is 1. The number of pyridine rings is 1. The standard InChI is InChI=1S/C15H24N2/c1-12-3-5-14(6-4-12)11-17-13(2)15-7-9-16-10-8-15/h7-10,12-14,17H,3-6,11H2,1-2H3. The third-order valence-electron chi connectivity index (χ3n) is 4.05. The fraction of sp³-hybridized carbons (Fsp3) is 0.667. The van der Waals surface area contributed by atoms with Crippen LogP contribution in [0.1, 0.15) is 51.1 Å². The van der Waals surface area contributed by atoms with E-state index in [0.717, 1.165) is 18.4 Å². The van der Waals surface area contributed by atoms with Gasteiger partial charge in [-0.3, -0.25) is 4.98 Å². The molecule has 1 aromatic heterocycles. The van der Waals surface area contributed by atoms with Gasteiger partial charge in [0, 0.05) is 18.4 Å². The number of hydrogen-bond acceptors (Lipinski definition) is 2. The largest absolute Gasteiger partial charge is 0.310 e. The molecule has 1 N–H and O–H groups in total. The highest BCUT2D eigenvalue weighted by molar-refractivity contribution is 5.13. The van der Waals surface area contributed by atoms with Crippen LogP contribution in [0.5, 0.6) is 0 Å². The summed E-state index contributed by atoms with van der Waals surface area (Å²) in [7, 11) is 0. The van der Waals surface area contributed by atoms with Crippen LogP contribution in [0.4, 0.5) is 0 Å². The van der Waals surface area contributed by atoms with Gasteiger partial charge in [0.15, 0.2) is 0 Å². The second-order valence-corrected chi connectivity index (χ2v) is 5.54. The average molecular weight is 232 g/mol. The van der Waals surface area contributed by atoms with Crippen molar-refractivity contribution >= 4 is 0 Å². The molecule has 94 valence electrons. The molecule has 0 aliphatic heterocycles. The van der Waals surface area contributed by atoms with Gasteiger partial charge in [-0.1, -0.05) is 19.8 Å². The SMILES string of the molecule is CC1CCC(CNC(C)c2ccncc2)CC1. The molecule has 2 heteroatoms. The predicted molar refractivity (Wildman–Crippen MR) is 71.8 cm³/mol. The van der Waals surface area contributed by atoms with E-state index >= 15 is 0 Å². The molecule has 0 spiro atoms. The molecular formula is C15H24N2. The number of rotatable bonds is 4. The Morgan fingerprint density at radius 1 is 1.24 bits per heavy atom. The Hall–Kier alpha value is -0.890. The summed E-state index contributed by atoms with van der Waals surface area (Å²) in [5.41, 5.74) is 1.34. The molecule has 1 aromatic rings. The topological polar surface area (TPSA) is 24.9 Å². The molecule has 1 unspecified atom stereocenters. The first-order valence-electron chi connectivity index (χ1n) is 6.89. The minimum Gasteiger partial charge on any atom is -0.310 e. The molecule has 1 aliphatic rings. The highest BCUT2D eigenvalue weighted by atomic mass is 14.9. The summed E-state index contributed by atoms with van der Waals surface area (Å²) in [5, 5.41) is 3.66. The van der Waals surface area contributed by atoms with Crippen LogP contribution in [0.2, 0.25) is 0 Å². The van der Waals surface area contributed by atoms with Crippen LogP contribution < -0.4 is 5.32 Å². The van der Waals surface area contributed by atoms with Gasteiger partial charge >= 0.3 is 0 Å². The van der Waals surface area contributed by atoms with E-state index < -0.39 is 0 Å². The van der Waals surface area contributed by atoms with E-state index in [-0.39, 0.29) is 0 Å². The smallest absolute Gasteiger partial charge is 0.0293 e. The van der Waals surface area contributed by atoms with E-state index in [0.29, 0.717) is 6.04 Å². The van der Waals surface area contributed by atoms with Gasteiger partial charge < -0.3 is 5.32 Å². The van der Waals surface area contributed by atoms with Gasteiger partial charge in [0.05, 0.1) is 0 Å². The van der Waals surface area contributed by atoms with Gasteiger partial charge in [0.1, 0.15) is 0 Å². The zero-order valence-electron chi connectivity index (χ0n) is 11.0. The molecule has 2 rings (SSSR count). The fourth-order valence-corrected chi connectivity index (χ4v) is 2.65. The molecule has 1 atom stereocenters. The third-order valence-corrected chi connectivity index (χ3v) is 4.05. The molecule has 17 heavy (non-hydrogen) atoms.